The maximum atomic E-state index is 5.09. The predicted molar refractivity (Wildman–Crippen MR) is 53.7 cm³/mol. The van der Waals surface area contributed by atoms with Crippen LogP contribution in [-0.2, 0) is 0 Å². The molecule has 0 unspecified atom stereocenters. The van der Waals surface area contributed by atoms with Crippen molar-refractivity contribution in [3.63, 3.8) is 0 Å². The van der Waals surface area contributed by atoms with Gasteiger partial charge in [-0.2, -0.15) is 4.98 Å². The van der Waals surface area contributed by atoms with Gasteiger partial charge in [-0.25, -0.2) is 0 Å². The van der Waals surface area contributed by atoms with Gasteiger partial charge in [-0.3, -0.25) is 0 Å². The van der Waals surface area contributed by atoms with Crippen molar-refractivity contribution < 1.29 is 4.52 Å². The Bertz CT molecular complexity index is 292. The van der Waals surface area contributed by atoms with Gasteiger partial charge in [-0.15, -0.1) is 18.2 Å². The third kappa shape index (κ3) is 3.85. The van der Waals surface area contributed by atoms with Crippen LogP contribution in [0.2, 0.25) is 0 Å². The molecule has 70 valence electrons. The molecule has 13 heavy (non-hydrogen) atoms. The number of aromatic nitrogens is 2. The third-order valence-corrected chi connectivity index (χ3v) is 2.10. The Morgan fingerprint density at radius 3 is 3.15 bits per heavy atom. The number of nitrogens with zero attached hydrogens (tertiary/aromatic N) is 2. The van der Waals surface area contributed by atoms with Crippen LogP contribution in [0.4, 0.5) is 6.01 Å². The van der Waals surface area contributed by atoms with Crippen molar-refractivity contribution in [2.24, 2.45) is 0 Å². The number of anilines is 1. The highest BCUT2D eigenvalue weighted by Crippen LogP contribution is 2.03. The first-order chi connectivity index (χ1) is 6.33. The molecule has 0 saturated heterocycles. The van der Waals surface area contributed by atoms with Crippen LogP contribution in [0.3, 0.4) is 0 Å². The van der Waals surface area contributed by atoms with E-state index in [1.54, 1.807) is 18.7 Å². The van der Waals surface area contributed by atoms with Crippen molar-refractivity contribution in [2.75, 3.05) is 23.4 Å². The minimum Gasteiger partial charge on any atom is -0.337 e. The number of nitrogens with one attached hydrogen (secondary N) is 1. The number of rotatable bonds is 5. The van der Waals surface area contributed by atoms with E-state index in [1.165, 1.54) is 0 Å². The molecule has 1 N–H and O–H groups in total. The van der Waals surface area contributed by atoms with Crippen LogP contribution in [0.15, 0.2) is 4.52 Å². The Labute approximate surface area is 81.5 Å². The largest absolute Gasteiger partial charge is 0.337 e. The summed E-state index contributed by atoms with van der Waals surface area (Å²) in [5, 5.41) is 6.64. The molecule has 0 aliphatic heterocycles. The van der Waals surface area contributed by atoms with Crippen LogP contribution in [-0.4, -0.2) is 28.2 Å². The summed E-state index contributed by atoms with van der Waals surface area (Å²) in [5.74, 6) is 4.87. The van der Waals surface area contributed by atoms with Crippen molar-refractivity contribution in [3.8, 4) is 12.3 Å². The average molecular weight is 197 g/mol. The van der Waals surface area contributed by atoms with Crippen molar-refractivity contribution >= 4 is 17.8 Å². The van der Waals surface area contributed by atoms with E-state index in [-0.39, 0.29) is 0 Å². The second-order valence-corrected chi connectivity index (χ2v) is 3.44. The van der Waals surface area contributed by atoms with E-state index in [0.717, 1.165) is 18.1 Å². The highest BCUT2D eigenvalue weighted by Gasteiger charge is 1.99. The molecule has 0 spiro atoms. The lowest BCUT2D eigenvalue weighted by atomic mass is 10.7. The summed E-state index contributed by atoms with van der Waals surface area (Å²) in [4.78, 5) is 3.99. The highest BCUT2D eigenvalue weighted by molar-refractivity contribution is 7.99. The van der Waals surface area contributed by atoms with Crippen molar-refractivity contribution in [1.82, 2.24) is 10.1 Å². The minimum atomic E-state index is 0.471. The normalized spacial score (nSPS) is 9.54. The summed E-state index contributed by atoms with van der Waals surface area (Å²) in [5.41, 5.74) is 0. The van der Waals surface area contributed by atoms with E-state index in [0.29, 0.717) is 11.8 Å². The highest BCUT2D eigenvalue weighted by atomic mass is 32.2. The minimum absolute atomic E-state index is 0.471. The maximum Gasteiger partial charge on any atom is 0.321 e. The standard InChI is InChI=1S/C8H11N3OS/c1-3-5-13-6-4-9-8-10-7(2)11-12-8/h1H,4-6H2,2H3,(H,9,10,11). The summed E-state index contributed by atoms with van der Waals surface area (Å²) >= 11 is 1.69. The lowest BCUT2D eigenvalue weighted by Crippen LogP contribution is -2.04. The summed E-state index contributed by atoms with van der Waals surface area (Å²) in [6.07, 6.45) is 5.09. The SMILES string of the molecule is C#CCSCCNc1nc(C)no1. The van der Waals surface area contributed by atoms with Gasteiger partial charge < -0.3 is 9.84 Å². The topological polar surface area (TPSA) is 51.0 Å². The fourth-order valence-electron chi connectivity index (χ4n) is 0.730. The number of hydrogen-bond donors (Lipinski definition) is 1. The van der Waals surface area contributed by atoms with Gasteiger partial charge in [-0.1, -0.05) is 11.1 Å². The van der Waals surface area contributed by atoms with Gasteiger partial charge in [-0.05, 0) is 6.92 Å². The monoisotopic (exact) mass is 197 g/mol. The Balaban J connectivity index is 2.10. The first-order valence-electron chi connectivity index (χ1n) is 3.88. The van der Waals surface area contributed by atoms with Gasteiger partial charge in [0.05, 0.1) is 5.75 Å². The zero-order valence-electron chi connectivity index (χ0n) is 7.41. The molecule has 1 aromatic rings. The van der Waals surface area contributed by atoms with Gasteiger partial charge in [0.15, 0.2) is 5.82 Å². The second-order valence-electron chi connectivity index (χ2n) is 2.33. The third-order valence-electron chi connectivity index (χ3n) is 1.24. The molecular formula is C8H11N3OS. The fraction of sp³-hybridized carbons (Fsp3) is 0.500. The van der Waals surface area contributed by atoms with Crippen LogP contribution < -0.4 is 5.32 Å². The van der Waals surface area contributed by atoms with Crippen molar-refractivity contribution in [3.05, 3.63) is 5.82 Å². The van der Waals surface area contributed by atoms with E-state index in [9.17, 15) is 0 Å². The van der Waals surface area contributed by atoms with E-state index < -0.39 is 0 Å². The smallest absolute Gasteiger partial charge is 0.321 e. The number of thioether (sulfide) groups is 1. The molecule has 0 radical (unpaired) electrons. The summed E-state index contributed by atoms with van der Waals surface area (Å²) in [7, 11) is 0. The van der Waals surface area contributed by atoms with E-state index in [4.69, 9.17) is 10.9 Å². The summed E-state index contributed by atoms with van der Waals surface area (Å²) in [6, 6.07) is 0.471. The Morgan fingerprint density at radius 1 is 1.69 bits per heavy atom. The van der Waals surface area contributed by atoms with Gasteiger partial charge in [0.25, 0.3) is 0 Å². The predicted octanol–water partition coefficient (Wildman–Crippen LogP) is 1.16. The van der Waals surface area contributed by atoms with Gasteiger partial charge in [0.1, 0.15) is 0 Å². The molecule has 4 nitrogen and oxygen atoms in total. The molecule has 5 heteroatoms. The number of hydrogen-bond acceptors (Lipinski definition) is 5. The Hall–Kier alpha value is -1.15. The Kier molecular flexibility index (Phi) is 4.19. The molecule has 0 aliphatic carbocycles. The lowest BCUT2D eigenvalue weighted by molar-refractivity contribution is 0.426. The van der Waals surface area contributed by atoms with E-state index >= 15 is 0 Å². The van der Waals surface area contributed by atoms with E-state index in [2.05, 4.69) is 21.4 Å². The molecule has 1 rings (SSSR count). The number of aryl methyl sites for hydroxylation is 1. The second kappa shape index (κ2) is 5.49. The maximum absolute atomic E-state index is 5.09. The molecule has 0 aliphatic rings. The van der Waals surface area contributed by atoms with E-state index in [1.807, 2.05) is 0 Å². The molecule has 1 aromatic heterocycles. The van der Waals surface area contributed by atoms with Gasteiger partial charge in [0, 0.05) is 12.3 Å². The summed E-state index contributed by atoms with van der Waals surface area (Å²) in [6.45, 7) is 2.57. The van der Waals surface area contributed by atoms with Crippen LogP contribution in [0, 0.1) is 19.3 Å². The molecule has 0 amide bonds. The zero-order chi connectivity index (χ0) is 9.52. The van der Waals surface area contributed by atoms with Gasteiger partial charge in [0.2, 0.25) is 0 Å². The fourth-order valence-corrected chi connectivity index (χ4v) is 1.24. The van der Waals surface area contributed by atoms with Crippen molar-refractivity contribution in [2.45, 2.75) is 6.92 Å². The Morgan fingerprint density at radius 2 is 2.54 bits per heavy atom. The molecular weight excluding hydrogens is 186 g/mol. The molecule has 0 fully saturated rings. The first kappa shape index (κ1) is 9.93. The molecule has 0 atom stereocenters. The lowest BCUT2D eigenvalue weighted by Gasteiger charge is -1.97. The molecule has 0 saturated carbocycles. The van der Waals surface area contributed by atoms with Crippen LogP contribution in [0.5, 0.6) is 0 Å². The quantitative estimate of drug-likeness (QED) is 0.567. The molecule has 0 aromatic carbocycles. The van der Waals surface area contributed by atoms with Crippen LogP contribution in [0.25, 0.3) is 0 Å². The molecule has 1 heterocycles. The zero-order valence-corrected chi connectivity index (χ0v) is 8.23. The summed E-state index contributed by atoms with van der Waals surface area (Å²) < 4.78 is 4.85. The van der Waals surface area contributed by atoms with Crippen LogP contribution in [0.1, 0.15) is 5.82 Å². The van der Waals surface area contributed by atoms with Crippen molar-refractivity contribution in [1.29, 1.82) is 0 Å². The number of terminal acetylenes is 1. The first-order valence-corrected chi connectivity index (χ1v) is 5.04. The van der Waals surface area contributed by atoms with Crippen LogP contribution >= 0.6 is 11.8 Å². The molecule has 0 bridgehead atoms. The van der Waals surface area contributed by atoms with Gasteiger partial charge >= 0.3 is 6.01 Å². The average Bonchev–Trinajstić information content (AvgIpc) is 2.51.